The fourth-order valence-electron chi connectivity index (χ4n) is 1.46. The fourth-order valence-corrected chi connectivity index (χ4v) is 1.46. The standard InChI is InChI=1S/C13H19N7O2/c1-9(2)22-13-17-11(8-15-19-13)10-7-14-18-12(16-10)21-6-5-20(3)4/h7-9H,5-6H2,1-4H3. The summed E-state index contributed by atoms with van der Waals surface area (Å²) in [4.78, 5) is 10.5. The number of ether oxygens (including phenoxy) is 2. The second kappa shape index (κ2) is 7.55. The van der Waals surface area contributed by atoms with Gasteiger partial charge < -0.3 is 14.4 Å². The van der Waals surface area contributed by atoms with Gasteiger partial charge in [0.25, 0.3) is 0 Å². The maximum atomic E-state index is 5.45. The molecular weight excluding hydrogens is 286 g/mol. The summed E-state index contributed by atoms with van der Waals surface area (Å²) < 4.78 is 10.9. The molecule has 0 aromatic carbocycles. The minimum Gasteiger partial charge on any atom is -0.461 e. The highest BCUT2D eigenvalue weighted by Crippen LogP contribution is 2.15. The first kappa shape index (κ1) is 16.0. The third-order valence-electron chi connectivity index (χ3n) is 2.45. The van der Waals surface area contributed by atoms with E-state index in [1.54, 1.807) is 0 Å². The lowest BCUT2D eigenvalue weighted by Crippen LogP contribution is -2.20. The lowest BCUT2D eigenvalue weighted by molar-refractivity contribution is 0.219. The molecule has 2 aromatic heterocycles. The van der Waals surface area contributed by atoms with Gasteiger partial charge in [0.2, 0.25) is 0 Å². The normalized spacial score (nSPS) is 11.0. The molecule has 22 heavy (non-hydrogen) atoms. The summed E-state index contributed by atoms with van der Waals surface area (Å²) in [6, 6.07) is 0.394. The van der Waals surface area contributed by atoms with Gasteiger partial charge in [0.15, 0.2) is 0 Å². The summed E-state index contributed by atoms with van der Waals surface area (Å²) >= 11 is 0. The van der Waals surface area contributed by atoms with Crippen molar-refractivity contribution in [2.24, 2.45) is 0 Å². The van der Waals surface area contributed by atoms with E-state index in [2.05, 4.69) is 30.4 Å². The smallest absolute Gasteiger partial charge is 0.336 e. The van der Waals surface area contributed by atoms with Crippen LogP contribution in [-0.2, 0) is 0 Å². The second-order valence-corrected chi connectivity index (χ2v) is 5.07. The van der Waals surface area contributed by atoms with Gasteiger partial charge in [0, 0.05) is 6.54 Å². The molecule has 0 amide bonds. The van der Waals surface area contributed by atoms with E-state index >= 15 is 0 Å². The van der Waals surface area contributed by atoms with Gasteiger partial charge in [-0.3, -0.25) is 0 Å². The molecule has 2 heterocycles. The molecule has 0 atom stereocenters. The second-order valence-electron chi connectivity index (χ2n) is 5.07. The average Bonchev–Trinajstić information content (AvgIpc) is 2.47. The number of rotatable bonds is 7. The quantitative estimate of drug-likeness (QED) is 0.721. The minimum atomic E-state index is -0.0366. The van der Waals surface area contributed by atoms with E-state index in [1.807, 2.05) is 32.8 Å². The summed E-state index contributed by atoms with van der Waals surface area (Å²) in [5, 5.41) is 15.4. The Balaban J connectivity index is 2.11. The first-order chi connectivity index (χ1) is 10.5. The predicted octanol–water partition coefficient (Wildman–Crippen LogP) is 0.451. The van der Waals surface area contributed by atoms with E-state index in [1.165, 1.54) is 12.4 Å². The van der Waals surface area contributed by atoms with Crippen LogP contribution in [0.4, 0.5) is 0 Å². The molecule has 0 saturated carbocycles. The van der Waals surface area contributed by atoms with Crippen molar-refractivity contribution in [2.45, 2.75) is 20.0 Å². The molecule has 118 valence electrons. The Bertz CT molecular complexity index is 606. The monoisotopic (exact) mass is 305 g/mol. The molecule has 2 aromatic rings. The summed E-state index contributed by atoms with van der Waals surface area (Å²) in [7, 11) is 3.92. The topological polar surface area (TPSA) is 99.0 Å². The molecule has 0 radical (unpaired) electrons. The molecule has 0 saturated heterocycles. The van der Waals surface area contributed by atoms with Gasteiger partial charge in [-0.15, -0.1) is 0 Å². The van der Waals surface area contributed by atoms with Crippen LogP contribution in [0.15, 0.2) is 12.4 Å². The third kappa shape index (κ3) is 4.85. The van der Waals surface area contributed by atoms with Crippen LogP contribution in [-0.4, -0.2) is 68.6 Å². The third-order valence-corrected chi connectivity index (χ3v) is 2.45. The Labute approximate surface area is 128 Å². The Morgan fingerprint density at radius 3 is 2.18 bits per heavy atom. The highest BCUT2D eigenvalue weighted by Gasteiger charge is 2.09. The van der Waals surface area contributed by atoms with Crippen molar-refractivity contribution in [1.82, 2.24) is 35.3 Å². The molecule has 9 nitrogen and oxygen atoms in total. The van der Waals surface area contributed by atoms with Gasteiger partial charge in [-0.1, -0.05) is 10.2 Å². The van der Waals surface area contributed by atoms with Gasteiger partial charge in [-0.2, -0.15) is 20.2 Å². The first-order valence-electron chi connectivity index (χ1n) is 6.88. The van der Waals surface area contributed by atoms with E-state index in [0.717, 1.165) is 6.54 Å². The number of nitrogens with zero attached hydrogens (tertiary/aromatic N) is 7. The molecule has 0 spiro atoms. The number of hydrogen-bond donors (Lipinski definition) is 0. The van der Waals surface area contributed by atoms with E-state index in [9.17, 15) is 0 Å². The van der Waals surface area contributed by atoms with E-state index in [0.29, 0.717) is 18.0 Å². The molecule has 2 rings (SSSR count). The molecule has 0 aliphatic rings. The molecule has 0 fully saturated rings. The first-order valence-corrected chi connectivity index (χ1v) is 6.88. The number of hydrogen-bond acceptors (Lipinski definition) is 9. The van der Waals surface area contributed by atoms with Crippen molar-refractivity contribution in [2.75, 3.05) is 27.2 Å². The van der Waals surface area contributed by atoms with Gasteiger partial charge in [0.1, 0.15) is 18.0 Å². The van der Waals surface area contributed by atoms with Crippen LogP contribution in [0.1, 0.15) is 13.8 Å². The predicted molar refractivity (Wildman–Crippen MR) is 78.5 cm³/mol. The van der Waals surface area contributed by atoms with Crippen molar-refractivity contribution in [3.63, 3.8) is 0 Å². The lowest BCUT2D eigenvalue weighted by atomic mass is 10.3. The highest BCUT2D eigenvalue weighted by atomic mass is 16.5. The SMILES string of the molecule is CC(C)Oc1nncc(-c2cnnc(OCCN(C)C)n2)n1. The van der Waals surface area contributed by atoms with Crippen LogP contribution in [0.5, 0.6) is 12.0 Å². The molecule has 0 bridgehead atoms. The Morgan fingerprint density at radius 1 is 1.00 bits per heavy atom. The minimum absolute atomic E-state index is 0.0366. The van der Waals surface area contributed by atoms with Crippen LogP contribution >= 0.6 is 0 Å². The lowest BCUT2D eigenvalue weighted by Gasteiger charge is -2.10. The zero-order valence-corrected chi connectivity index (χ0v) is 13.1. The fraction of sp³-hybridized carbons (Fsp3) is 0.538. The molecule has 0 aliphatic carbocycles. The molecule has 0 unspecified atom stereocenters. The van der Waals surface area contributed by atoms with Crippen molar-refractivity contribution in [3.8, 4) is 23.4 Å². The summed E-state index contributed by atoms with van der Waals surface area (Å²) in [5.74, 6) is 0. The van der Waals surface area contributed by atoms with Gasteiger partial charge in [-0.05, 0) is 27.9 Å². The van der Waals surface area contributed by atoms with Crippen LogP contribution in [0.2, 0.25) is 0 Å². The number of aromatic nitrogens is 6. The maximum absolute atomic E-state index is 5.45. The maximum Gasteiger partial charge on any atom is 0.336 e. The van der Waals surface area contributed by atoms with E-state index in [-0.39, 0.29) is 18.1 Å². The summed E-state index contributed by atoms with van der Waals surface area (Å²) in [6.45, 7) is 5.01. The highest BCUT2D eigenvalue weighted by molar-refractivity contribution is 5.51. The largest absolute Gasteiger partial charge is 0.461 e. The van der Waals surface area contributed by atoms with E-state index < -0.39 is 0 Å². The van der Waals surface area contributed by atoms with Crippen molar-refractivity contribution < 1.29 is 9.47 Å². The molecule has 0 aliphatic heterocycles. The Morgan fingerprint density at radius 2 is 1.59 bits per heavy atom. The van der Waals surface area contributed by atoms with Crippen LogP contribution < -0.4 is 9.47 Å². The van der Waals surface area contributed by atoms with Crippen LogP contribution in [0.3, 0.4) is 0 Å². The summed E-state index contributed by atoms with van der Waals surface area (Å²) in [5.41, 5.74) is 0.997. The van der Waals surface area contributed by atoms with Gasteiger partial charge >= 0.3 is 12.0 Å². The molecule has 0 N–H and O–H groups in total. The number of likely N-dealkylation sites (N-methyl/N-ethyl adjacent to an activating group) is 1. The van der Waals surface area contributed by atoms with Gasteiger partial charge in [0.05, 0.1) is 18.5 Å². The average molecular weight is 305 g/mol. The van der Waals surface area contributed by atoms with Crippen molar-refractivity contribution in [1.29, 1.82) is 0 Å². The van der Waals surface area contributed by atoms with Crippen LogP contribution in [0, 0.1) is 0 Å². The van der Waals surface area contributed by atoms with Crippen molar-refractivity contribution >= 4 is 0 Å². The van der Waals surface area contributed by atoms with E-state index in [4.69, 9.17) is 9.47 Å². The van der Waals surface area contributed by atoms with Gasteiger partial charge in [-0.25, -0.2) is 0 Å². The molecular formula is C13H19N7O2. The Hall–Kier alpha value is -2.42. The zero-order valence-electron chi connectivity index (χ0n) is 13.1. The summed E-state index contributed by atoms with van der Waals surface area (Å²) in [6.07, 6.45) is 2.94. The van der Waals surface area contributed by atoms with Crippen LogP contribution in [0.25, 0.3) is 11.4 Å². The van der Waals surface area contributed by atoms with Crippen molar-refractivity contribution in [3.05, 3.63) is 12.4 Å². The zero-order chi connectivity index (χ0) is 15.9. The molecule has 9 heteroatoms. The Kier molecular flexibility index (Phi) is 5.48.